The molecule has 1 aromatic rings. The van der Waals surface area contributed by atoms with Gasteiger partial charge in [0.15, 0.2) is 12.4 Å². The number of Topliss-reactive ketones (excluding diaryl/α,β-unsaturated/α-hetero) is 1. The second kappa shape index (κ2) is 7.00. The number of benzene rings is 1. The molecule has 1 atom stereocenters. The fraction of sp³-hybridized carbons (Fsp3) is 0.438. The highest BCUT2D eigenvalue weighted by Gasteiger charge is 2.48. The van der Waals surface area contributed by atoms with Crippen molar-refractivity contribution in [3.05, 3.63) is 34.9 Å². The average Bonchev–Trinajstić information content (AvgIpc) is 2.53. The summed E-state index contributed by atoms with van der Waals surface area (Å²) in [5, 5.41) is 9.04. The molecule has 0 aromatic heterocycles. The van der Waals surface area contributed by atoms with Gasteiger partial charge < -0.3 is 9.84 Å². The van der Waals surface area contributed by atoms with E-state index in [-0.39, 0.29) is 5.78 Å². The Morgan fingerprint density at radius 2 is 2.04 bits per heavy atom. The number of hydrogen-bond acceptors (Lipinski definition) is 4. The zero-order chi connectivity index (χ0) is 17.0. The maximum Gasteiger partial charge on any atom is 0.411 e. The van der Waals surface area contributed by atoms with E-state index >= 15 is 0 Å². The summed E-state index contributed by atoms with van der Waals surface area (Å²) in [5.41, 5.74) is -0.673. The van der Waals surface area contributed by atoms with E-state index in [1.807, 2.05) is 0 Å². The molecule has 6 nitrogen and oxygen atoms in total. The summed E-state index contributed by atoms with van der Waals surface area (Å²) in [6.45, 7) is -0.754. The summed E-state index contributed by atoms with van der Waals surface area (Å²) in [7, 11) is 1.44. The number of nitrogens with zero attached hydrogens (tertiary/aromatic N) is 1. The number of halogens is 1. The number of carboxylic acids is 1. The van der Waals surface area contributed by atoms with Crippen molar-refractivity contribution in [3.63, 3.8) is 0 Å². The third kappa shape index (κ3) is 3.32. The van der Waals surface area contributed by atoms with Crippen LogP contribution in [0.2, 0.25) is 5.02 Å². The van der Waals surface area contributed by atoms with E-state index in [2.05, 4.69) is 0 Å². The van der Waals surface area contributed by atoms with Crippen molar-refractivity contribution >= 4 is 29.4 Å². The SMILES string of the molecule is CN(C(=O)OCC(=O)O)C1(c2ccccc2Cl)CCCCC1=O. The molecule has 1 aliphatic rings. The lowest BCUT2D eigenvalue weighted by molar-refractivity contribution is -0.141. The molecule has 0 spiro atoms. The number of ketones is 1. The molecule has 2 rings (SSSR count). The fourth-order valence-corrected chi connectivity index (χ4v) is 3.30. The first-order chi connectivity index (χ1) is 10.9. The lowest BCUT2D eigenvalue weighted by Crippen LogP contribution is -2.54. The maximum atomic E-state index is 12.7. The topological polar surface area (TPSA) is 83.9 Å². The van der Waals surface area contributed by atoms with E-state index in [1.165, 1.54) is 11.9 Å². The van der Waals surface area contributed by atoms with Crippen LogP contribution < -0.4 is 0 Å². The fourth-order valence-electron chi connectivity index (χ4n) is 3.01. The molecule has 0 radical (unpaired) electrons. The minimum absolute atomic E-state index is 0.119. The summed E-state index contributed by atoms with van der Waals surface area (Å²) in [4.78, 5) is 36.7. The van der Waals surface area contributed by atoms with Gasteiger partial charge in [0.05, 0.1) is 0 Å². The largest absolute Gasteiger partial charge is 0.479 e. The molecule has 1 aliphatic carbocycles. The van der Waals surface area contributed by atoms with Gasteiger partial charge in [-0.3, -0.25) is 9.69 Å². The van der Waals surface area contributed by atoms with Crippen LogP contribution in [0.4, 0.5) is 4.79 Å². The van der Waals surface area contributed by atoms with E-state index in [0.717, 1.165) is 12.8 Å². The summed E-state index contributed by atoms with van der Waals surface area (Å²) >= 11 is 6.26. The molecule has 7 heteroatoms. The summed E-state index contributed by atoms with van der Waals surface area (Å²) in [6, 6.07) is 6.88. The van der Waals surface area contributed by atoms with Gasteiger partial charge >= 0.3 is 12.1 Å². The van der Waals surface area contributed by atoms with Crippen molar-refractivity contribution in [3.8, 4) is 0 Å². The van der Waals surface area contributed by atoms with Crippen LogP contribution in [0.15, 0.2) is 24.3 Å². The van der Waals surface area contributed by atoms with E-state index in [0.29, 0.717) is 23.4 Å². The van der Waals surface area contributed by atoms with Gasteiger partial charge in [-0.15, -0.1) is 0 Å². The molecular formula is C16H18ClNO5. The normalized spacial score (nSPS) is 20.9. The molecule has 1 N–H and O–H groups in total. The van der Waals surface area contributed by atoms with Gasteiger partial charge in [0.1, 0.15) is 5.54 Å². The molecular weight excluding hydrogens is 322 g/mol. The van der Waals surface area contributed by atoms with Crippen molar-refractivity contribution in [1.29, 1.82) is 0 Å². The Kier molecular flexibility index (Phi) is 5.26. The smallest absolute Gasteiger partial charge is 0.411 e. The predicted octanol–water partition coefficient (Wildman–Crippen LogP) is 2.83. The standard InChI is InChI=1S/C16H18ClNO5/c1-18(15(22)23-10-14(20)21)16(9-5-4-8-13(16)19)11-6-2-3-7-12(11)17/h2-3,6-7H,4-5,8-10H2,1H3,(H,20,21). The lowest BCUT2D eigenvalue weighted by atomic mass is 9.74. The molecule has 1 aromatic carbocycles. The van der Waals surface area contributed by atoms with Crippen LogP contribution in [0.1, 0.15) is 31.2 Å². The third-order valence-electron chi connectivity index (χ3n) is 4.14. The molecule has 1 saturated carbocycles. The van der Waals surface area contributed by atoms with Crippen molar-refractivity contribution in [2.45, 2.75) is 31.2 Å². The van der Waals surface area contributed by atoms with E-state index in [9.17, 15) is 14.4 Å². The van der Waals surface area contributed by atoms with Gasteiger partial charge in [0, 0.05) is 24.1 Å². The van der Waals surface area contributed by atoms with Crippen molar-refractivity contribution < 1.29 is 24.2 Å². The van der Waals surface area contributed by atoms with Gasteiger partial charge in [-0.25, -0.2) is 9.59 Å². The highest BCUT2D eigenvalue weighted by atomic mass is 35.5. The number of carboxylic acid groups (broad SMARTS) is 1. The van der Waals surface area contributed by atoms with Crippen LogP contribution in [0.3, 0.4) is 0 Å². The number of rotatable bonds is 4. The third-order valence-corrected chi connectivity index (χ3v) is 4.47. The van der Waals surface area contributed by atoms with Crippen LogP contribution in [-0.4, -0.2) is 41.5 Å². The number of likely N-dealkylation sites (N-methyl/N-ethyl adjacent to an activating group) is 1. The van der Waals surface area contributed by atoms with Gasteiger partial charge in [0.25, 0.3) is 0 Å². The summed E-state index contributed by atoms with van der Waals surface area (Å²) in [5.74, 6) is -1.37. The predicted molar refractivity (Wildman–Crippen MR) is 83.4 cm³/mol. The first-order valence-corrected chi connectivity index (χ1v) is 7.68. The number of carbonyl (C=O) groups excluding carboxylic acids is 2. The molecule has 0 saturated heterocycles. The van der Waals surface area contributed by atoms with Gasteiger partial charge in [0.2, 0.25) is 0 Å². The Labute approximate surface area is 139 Å². The highest BCUT2D eigenvalue weighted by molar-refractivity contribution is 6.31. The van der Waals surface area contributed by atoms with Crippen LogP contribution in [0, 0.1) is 0 Å². The zero-order valence-electron chi connectivity index (χ0n) is 12.8. The van der Waals surface area contributed by atoms with Crippen LogP contribution in [0.5, 0.6) is 0 Å². The number of hydrogen-bond donors (Lipinski definition) is 1. The quantitative estimate of drug-likeness (QED) is 0.911. The molecule has 0 aliphatic heterocycles. The summed E-state index contributed by atoms with van der Waals surface area (Å²) < 4.78 is 4.75. The molecule has 1 unspecified atom stereocenters. The first-order valence-electron chi connectivity index (χ1n) is 7.30. The Hall–Kier alpha value is -2.08. The van der Waals surface area contributed by atoms with Crippen molar-refractivity contribution in [1.82, 2.24) is 4.90 Å². The monoisotopic (exact) mass is 339 g/mol. The van der Waals surface area contributed by atoms with E-state index in [1.54, 1.807) is 24.3 Å². The van der Waals surface area contributed by atoms with E-state index < -0.39 is 24.2 Å². The molecule has 124 valence electrons. The highest BCUT2D eigenvalue weighted by Crippen LogP contribution is 2.42. The zero-order valence-corrected chi connectivity index (χ0v) is 13.5. The molecule has 0 bridgehead atoms. The van der Waals surface area contributed by atoms with Crippen molar-refractivity contribution in [2.75, 3.05) is 13.7 Å². The van der Waals surface area contributed by atoms with Crippen LogP contribution in [0.25, 0.3) is 0 Å². The Bertz CT molecular complexity index is 633. The van der Waals surface area contributed by atoms with Crippen LogP contribution in [-0.2, 0) is 19.9 Å². The molecule has 1 fully saturated rings. The summed E-state index contributed by atoms with van der Waals surface area (Å²) in [6.07, 6.45) is 1.41. The number of ether oxygens (including phenoxy) is 1. The number of amides is 1. The maximum absolute atomic E-state index is 12.7. The first kappa shape index (κ1) is 17.3. The average molecular weight is 340 g/mol. The second-order valence-electron chi connectivity index (χ2n) is 5.48. The van der Waals surface area contributed by atoms with Gasteiger partial charge in [-0.2, -0.15) is 0 Å². The van der Waals surface area contributed by atoms with E-state index in [4.69, 9.17) is 21.4 Å². The Balaban J connectivity index is 2.42. The Morgan fingerprint density at radius 3 is 2.65 bits per heavy atom. The molecule has 1 amide bonds. The molecule has 23 heavy (non-hydrogen) atoms. The lowest BCUT2D eigenvalue weighted by Gasteiger charge is -2.43. The van der Waals surface area contributed by atoms with Crippen LogP contribution >= 0.6 is 11.6 Å². The van der Waals surface area contributed by atoms with Gasteiger partial charge in [-0.05, 0) is 25.3 Å². The Morgan fingerprint density at radius 1 is 1.35 bits per heavy atom. The number of aliphatic carboxylic acids is 1. The van der Waals surface area contributed by atoms with Crippen molar-refractivity contribution in [2.24, 2.45) is 0 Å². The second-order valence-corrected chi connectivity index (χ2v) is 5.88. The van der Waals surface area contributed by atoms with Gasteiger partial charge in [-0.1, -0.05) is 29.8 Å². The minimum Gasteiger partial charge on any atom is -0.479 e. The number of carbonyl (C=O) groups is 3. The molecule has 0 heterocycles. The minimum atomic E-state index is -1.26.